The summed E-state index contributed by atoms with van der Waals surface area (Å²) in [5, 5.41) is 7.49. The Morgan fingerprint density at radius 1 is 1.53 bits per heavy atom. The van der Waals surface area contributed by atoms with Gasteiger partial charge in [-0.3, -0.25) is 4.79 Å². The Kier molecular flexibility index (Phi) is 6.52. The largest absolute Gasteiger partial charge is 0.383 e. The minimum atomic E-state index is -0.0863. The highest BCUT2D eigenvalue weighted by molar-refractivity contribution is 5.41. The number of rotatable bonds is 8. The first-order chi connectivity index (χ1) is 9.12. The molecule has 0 saturated heterocycles. The van der Waals surface area contributed by atoms with Crippen LogP contribution in [0, 0.1) is 0 Å². The molecule has 1 heterocycles. The van der Waals surface area contributed by atoms with E-state index in [2.05, 4.69) is 10.4 Å². The summed E-state index contributed by atoms with van der Waals surface area (Å²) in [7, 11) is 3.59. The SMILES string of the molecule is CCNC(COC)Cn1ncc(N(C)CC)cc1=O. The second-order valence-corrected chi connectivity index (χ2v) is 4.46. The molecular weight excluding hydrogens is 244 g/mol. The average Bonchev–Trinajstić information content (AvgIpc) is 2.40. The molecule has 0 aliphatic rings. The van der Waals surface area contributed by atoms with Crippen molar-refractivity contribution in [3.05, 3.63) is 22.6 Å². The number of nitrogens with zero attached hydrogens (tertiary/aromatic N) is 3. The number of nitrogens with one attached hydrogen (secondary N) is 1. The molecular formula is C13H24N4O2. The molecule has 6 heteroatoms. The lowest BCUT2D eigenvalue weighted by Gasteiger charge is -2.19. The zero-order valence-corrected chi connectivity index (χ0v) is 12.2. The molecule has 0 bridgehead atoms. The van der Waals surface area contributed by atoms with E-state index < -0.39 is 0 Å². The number of hydrogen-bond donors (Lipinski definition) is 1. The summed E-state index contributed by atoms with van der Waals surface area (Å²) in [6.45, 7) is 6.80. The van der Waals surface area contributed by atoms with Crippen LogP contribution in [0.15, 0.2) is 17.1 Å². The molecule has 19 heavy (non-hydrogen) atoms. The third-order valence-electron chi connectivity index (χ3n) is 3.02. The summed E-state index contributed by atoms with van der Waals surface area (Å²) in [4.78, 5) is 14.0. The molecule has 0 amide bonds. The topological polar surface area (TPSA) is 59.4 Å². The Morgan fingerprint density at radius 2 is 2.26 bits per heavy atom. The van der Waals surface area contributed by atoms with Crippen molar-refractivity contribution in [2.45, 2.75) is 26.4 Å². The third-order valence-corrected chi connectivity index (χ3v) is 3.02. The molecule has 0 aromatic carbocycles. The van der Waals surface area contributed by atoms with E-state index in [4.69, 9.17) is 4.74 Å². The fourth-order valence-electron chi connectivity index (χ4n) is 1.83. The molecule has 6 nitrogen and oxygen atoms in total. The van der Waals surface area contributed by atoms with Gasteiger partial charge in [-0.25, -0.2) is 4.68 Å². The van der Waals surface area contributed by atoms with Crippen LogP contribution in [-0.2, 0) is 11.3 Å². The van der Waals surface area contributed by atoms with Crippen molar-refractivity contribution in [1.29, 1.82) is 0 Å². The van der Waals surface area contributed by atoms with Crippen LogP contribution in [-0.4, -0.2) is 49.7 Å². The van der Waals surface area contributed by atoms with Crippen LogP contribution < -0.4 is 15.8 Å². The number of hydrogen-bond acceptors (Lipinski definition) is 5. The smallest absolute Gasteiger partial charge is 0.268 e. The van der Waals surface area contributed by atoms with Crippen LogP contribution in [0.2, 0.25) is 0 Å². The Hall–Kier alpha value is -1.40. The van der Waals surface area contributed by atoms with Gasteiger partial charge in [0.1, 0.15) is 0 Å². The number of methoxy groups -OCH3 is 1. The predicted molar refractivity (Wildman–Crippen MR) is 76.8 cm³/mol. The molecule has 1 rings (SSSR count). The molecule has 0 aliphatic carbocycles. The predicted octanol–water partition coefficient (Wildman–Crippen LogP) is 0.324. The second kappa shape index (κ2) is 7.91. The van der Waals surface area contributed by atoms with Gasteiger partial charge in [0.05, 0.1) is 31.1 Å². The number of anilines is 1. The Labute approximate surface area is 114 Å². The number of ether oxygens (including phenoxy) is 1. The highest BCUT2D eigenvalue weighted by Gasteiger charge is 2.10. The molecule has 108 valence electrons. The van der Waals surface area contributed by atoms with Crippen LogP contribution >= 0.6 is 0 Å². The lowest BCUT2D eigenvalue weighted by atomic mass is 10.3. The first-order valence-electron chi connectivity index (χ1n) is 6.63. The van der Waals surface area contributed by atoms with Gasteiger partial charge in [0, 0.05) is 26.8 Å². The summed E-state index contributed by atoms with van der Waals surface area (Å²) in [5.41, 5.74) is 0.757. The first-order valence-corrected chi connectivity index (χ1v) is 6.63. The minimum absolute atomic E-state index is 0.0863. The number of likely N-dealkylation sites (N-methyl/N-ethyl adjacent to an activating group) is 1. The maximum atomic E-state index is 12.0. The van der Waals surface area contributed by atoms with E-state index in [1.54, 1.807) is 19.4 Å². The summed E-state index contributed by atoms with van der Waals surface area (Å²) in [6.07, 6.45) is 1.72. The Balaban J connectivity index is 2.81. The molecule has 0 fully saturated rings. The normalized spacial score (nSPS) is 12.4. The molecule has 1 aromatic heterocycles. The van der Waals surface area contributed by atoms with E-state index in [-0.39, 0.29) is 11.6 Å². The molecule has 1 atom stereocenters. The van der Waals surface area contributed by atoms with E-state index >= 15 is 0 Å². The molecule has 1 unspecified atom stereocenters. The summed E-state index contributed by atoms with van der Waals surface area (Å²) in [6, 6.07) is 1.71. The van der Waals surface area contributed by atoms with Gasteiger partial charge < -0.3 is 15.0 Å². The molecule has 1 N–H and O–H groups in total. The van der Waals surface area contributed by atoms with Crippen LogP contribution in [0.5, 0.6) is 0 Å². The molecule has 0 spiro atoms. The van der Waals surface area contributed by atoms with Crippen molar-refractivity contribution in [2.24, 2.45) is 0 Å². The van der Waals surface area contributed by atoms with Crippen molar-refractivity contribution >= 4 is 5.69 Å². The third kappa shape index (κ3) is 4.65. The van der Waals surface area contributed by atoms with Gasteiger partial charge in [0.15, 0.2) is 0 Å². The summed E-state index contributed by atoms with van der Waals surface area (Å²) < 4.78 is 6.61. The fraction of sp³-hybridized carbons (Fsp3) is 0.692. The Bertz CT molecular complexity index is 427. The van der Waals surface area contributed by atoms with Gasteiger partial charge in [0.25, 0.3) is 5.56 Å². The maximum Gasteiger partial charge on any atom is 0.268 e. The molecule has 0 aliphatic heterocycles. The van der Waals surface area contributed by atoms with E-state index in [0.717, 1.165) is 18.8 Å². The van der Waals surface area contributed by atoms with Gasteiger partial charge >= 0.3 is 0 Å². The maximum absolute atomic E-state index is 12.0. The summed E-state index contributed by atoms with van der Waals surface area (Å²) in [5.74, 6) is 0. The summed E-state index contributed by atoms with van der Waals surface area (Å²) >= 11 is 0. The van der Waals surface area contributed by atoms with Gasteiger partial charge in [-0.1, -0.05) is 6.92 Å². The standard InChI is InChI=1S/C13H24N4O2/c1-5-14-11(10-19-4)9-17-13(18)7-12(8-15-17)16(3)6-2/h7-8,11,14H,5-6,9-10H2,1-4H3. The average molecular weight is 268 g/mol. The van der Waals surface area contributed by atoms with Crippen LogP contribution in [0.25, 0.3) is 0 Å². The van der Waals surface area contributed by atoms with E-state index in [9.17, 15) is 4.79 Å². The van der Waals surface area contributed by atoms with Gasteiger partial charge in [-0.2, -0.15) is 5.10 Å². The lowest BCUT2D eigenvalue weighted by Crippen LogP contribution is -2.40. The van der Waals surface area contributed by atoms with Gasteiger partial charge in [-0.05, 0) is 13.5 Å². The van der Waals surface area contributed by atoms with E-state index in [1.165, 1.54) is 4.68 Å². The van der Waals surface area contributed by atoms with Crippen molar-refractivity contribution in [3.63, 3.8) is 0 Å². The lowest BCUT2D eigenvalue weighted by molar-refractivity contribution is 0.157. The fourth-order valence-corrected chi connectivity index (χ4v) is 1.83. The van der Waals surface area contributed by atoms with Gasteiger partial charge in [0.2, 0.25) is 0 Å². The van der Waals surface area contributed by atoms with Crippen molar-refractivity contribution in [3.8, 4) is 0 Å². The quantitative estimate of drug-likeness (QED) is 0.736. The van der Waals surface area contributed by atoms with E-state index in [0.29, 0.717) is 13.2 Å². The van der Waals surface area contributed by atoms with Crippen molar-refractivity contribution < 1.29 is 4.74 Å². The minimum Gasteiger partial charge on any atom is -0.383 e. The monoisotopic (exact) mass is 268 g/mol. The number of aromatic nitrogens is 2. The zero-order valence-electron chi connectivity index (χ0n) is 12.2. The zero-order chi connectivity index (χ0) is 14.3. The van der Waals surface area contributed by atoms with Gasteiger partial charge in [-0.15, -0.1) is 0 Å². The molecule has 0 radical (unpaired) electrons. The van der Waals surface area contributed by atoms with Crippen LogP contribution in [0.4, 0.5) is 5.69 Å². The second-order valence-electron chi connectivity index (χ2n) is 4.46. The Morgan fingerprint density at radius 3 is 2.79 bits per heavy atom. The van der Waals surface area contributed by atoms with Crippen LogP contribution in [0.3, 0.4) is 0 Å². The van der Waals surface area contributed by atoms with E-state index in [1.807, 2.05) is 25.8 Å². The van der Waals surface area contributed by atoms with Crippen LogP contribution in [0.1, 0.15) is 13.8 Å². The van der Waals surface area contributed by atoms with Crippen molar-refractivity contribution in [2.75, 3.05) is 38.8 Å². The van der Waals surface area contributed by atoms with Crippen molar-refractivity contribution in [1.82, 2.24) is 15.1 Å². The highest BCUT2D eigenvalue weighted by atomic mass is 16.5. The highest BCUT2D eigenvalue weighted by Crippen LogP contribution is 2.05. The molecule has 1 aromatic rings. The molecule has 0 saturated carbocycles. The first kappa shape index (κ1) is 15.7.